The van der Waals surface area contributed by atoms with Crippen molar-refractivity contribution in [2.24, 2.45) is 0 Å². The number of ether oxygens (including phenoxy) is 3. The summed E-state index contributed by atoms with van der Waals surface area (Å²) in [7, 11) is 0. The molecule has 0 saturated heterocycles. The van der Waals surface area contributed by atoms with Gasteiger partial charge in [-0.15, -0.1) is 10.2 Å². The monoisotopic (exact) mass is 524 g/mol. The highest BCUT2D eigenvalue weighted by atomic mass is 32.2. The lowest BCUT2D eigenvalue weighted by Gasteiger charge is -2.26. The second-order valence-corrected chi connectivity index (χ2v) is 9.70. The van der Waals surface area contributed by atoms with Crippen LogP contribution in [0.5, 0.6) is 17.2 Å². The maximum absolute atomic E-state index is 13.3. The fourth-order valence-corrected chi connectivity index (χ4v) is 4.91. The molecule has 1 aromatic heterocycles. The van der Waals surface area contributed by atoms with E-state index in [0.29, 0.717) is 28.8 Å². The first-order valence-corrected chi connectivity index (χ1v) is 13.2. The lowest BCUT2D eigenvalue weighted by Crippen LogP contribution is -2.45. The predicted molar refractivity (Wildman–Crippen MR) is 136 cm³/mol. The van der Waals surface area contributed by atoms with Gasteiger partial charge >= 0.3 is 0 Å². The highest BCUT2D eigenvalue weighted by Gasteiger charge is 2.25. The maximum Gasteiger partial charge on any atom is 0.277 e. The topological polar surface area (TPSA) is 116 Å². The maximum atomic E-state index is 13.3. The lowest BCUT2D eigenvalue weighted by atomic mass is 9.95. The molecule has 5 rings (SSSR count). The van der Waals surface area contributed by atoms with Gasteiger partial charge < -0.3 is 28.8 Å². The van der Waals surface area contributed by atoms with Crippen molar-refractivity contribution in [1.29, 1.82) is 0 Å². The van der Waals surface area contributed by atoms with Gasteiger partial charge in [0.05, 0.1) is 5.75 Å². The van der Waals surface area contributed by atoms with Gasteiger partial charge in [-0.25, -0.2) is 0 Å². The zero-order chi connectivity index (χ0) is 25.5. The van der Waals surface area contributed by atoms with Gasteiger partial charge in [0, 0.05) is 17.8 Å². The van der Waals surface area contributed by atoms with Crippen LogP contribution in [-0.2, 0) is 16.2 Å². The van der Waals surface area contributed by atoms with Gasteiger partial charge in [-0.3, -0.25) is 9.59 Å². The Morgan fingerprint density at radius 3 is 2.68 bits per heavy atom. The summed E-state index contributed by atoms with van der Waals surface area (Å²) < 4.78 is 22.1. The number of hydrogen-bond acceptors (Lipinski definition) is 9. The molecule has 2 amide bonds. The van der Waals surface area contributed by atoms with Gasteiger partial charge in [0.25, 0.3) is 11.1 Å². The number of thioether (sulfide) groups is 1. The van der Waals surface area contributed by atoms with Gasteiger partial charge in [-0.2, -0.15) is 0 Å². The van der Waals surface area contributed by atoms with Crippen LogP contribution in [0, 0.1) is 0 Å². The van der Waals surface area contributed by atoms with E-state index in [0.717, 1.165) is 37.4 Å². The van der Waals surface area contributed by atoms with Crippen molar-refractivity contribution >= 4 is 29.3 Å². The summed E-state index contributed by atoms with van der Waals surface area (Å²) in [5, 5.41) is 11.3. The number of para-hydroxylation sites is 1. The third kappa shape index (κ3) is 6.73. The van der Waals surface area contributed by atoms with Crippen molar-refractivity contribution in [1.82, 2.24) is 15.5 Å². The molecule has 1 aliphatic heterocycles. The Labute approximate surface area is 218 Å². The molecule has 0 unspecified atom stereocenters. The summed E-state index contributed by atoms with van der Waals surface area (Å²) in [6.45, 7) is 0.143. The molecular formula is C26H28N4O6S. The summed E-state index contributed by atoms with van der Waals surface area (Å²) in [6, 6.07) is 14.7. The Morgan fingerprint density at radius 2 is 1.84 bits per heavy atom. The molecule has 1 N–H and O–H groups in total. The molecule has 3 aromatic rings. The Bertz CT molecular complexity index is 1210. The Kier molecular flexibility index (Phi) is 8.09. The van der Waals surface area contributed by atoms with Crippen LogP contribution < -0.4 is 24.4 Å². The molecule has 0 radical (unpaired) electrons. The van der Waals surface area contributed by atoms with Crippen LogP contribution in [0.2, 0.25) is 0 Å². The number of amides is 2. The molecule has 37 heavy (non-hydrogen) atoms. The average molecular weight is 525 g/mol. The number of fused-ring (bicyclic) bond motifs is 1. The molecule has 0 bridgehead atoms. The van der Waals surface area contributed by atoms with Crippen LogP contribution in [0.15, 0.2) is 58.2 Å². The predicted octanol–water partition coefficient (Wildman–Crippen LogP) is 3.95. The third-order valence-electron chi connectivity index (χ3n) is 6.11. The second-order valence-electron chi connectivity index (χ2n) is 8.77. The van der Waals surface area contributed by atoms with Crippen molar-refractivity contribution in [3.05, 3.63) is 54.4 Å². The van der Waals surface area contributed by atoms with Crippen LogP contribution in [0.25, 0.3) is 0 Å². The minimum atomic E-state index is -0.275. The van der Waals surface area contributed by atoms with Crippen LogP contribution in [-0.4, -0.2) is 47.1 Å². The van der Waals surface area contributed by atoms with E-state index in [4.69, 9.17) is 18.6 Å². The lowest BCUT2D eigenvalue weighted by molar-refractivity contribution is -0.123. The number of nitrogens with one attached hydrogen (secondary N) is 1. The summed E-state index contributed by atoms with van der Waals surface area (Å²) >= 11 is 1.11. The molecule has 2 aromatic carbocycles. The van der Waals surface area contributed by atoms with E-state index in [1.54, 1.807) is 18.2 Å². The Hall–Kier alpha value is -3.73. The van der Waals surface area contributed by atoms with Gasteiger partial charge in [0.15, 0.2) is 18.1 Å². The van der Waals surface area contributed by atoms with Crippen molar-refractivity contribution in [3.8, 4) is 17.2 Å². The summed E-state index contributed by atoms with van der Waals surface area (Å²) in [6.07, 6.45) is 5.34. The Balaban J connectivity index is 1.21. The molecule has 10 nitrogen and oxygen atoms in total. The highest BCUT2D eigenvalue weighted by Crippen LogP contribution is 2.35. The number of hydrogen-bond donors (Lipinski definition) is 1. The average Bonchev–Trinajstić information content (AvgIpc) is 3.59. The van der Waals surface area contributed by atoms with E-state index in [-0.39, 0.29) is 48.8 Å². The molecule has 2 heterocycles. The molecule has 0 spiro atoms. The van der Waals surface area contributed by atoms with Crippen molar-refractivity contribution in [2.45, 2.75) is 50.0 Å². The zero-order valence-corrected chi connectivity index (χ0v) is 21.1. The van der Waals surface area contributed by atoms with E-state index in [2.05, 4.69) is 15.5 Å². The second kappa shape index (κ2) is 12.0. The molecular weight excluding hydrogens is 496 g/mol. The number of rotatable bonds is 10. The van der Waals surface area contributed by atoms with Gasteiger partial charge in [0.2, 0.25) is 18.6 Å². The van der Waals surface area contributed by atoms with E-state index < -0.39 is 0 Å². The van der Waals surface area contributed by atoms with E-state index >= 15 is 0 Å². The van der Waals surface area contributed by atoms with E-state index in [1.807, 2.05) is 30.3 Å². The molecule has 1 aliphatic carbocycles. The number of anilines is 1. The molecule has 1 saturated carbocycles. The first-order valence-electron chi connectivity index (χ1n) is 12.3. The Morgan fingerprint density at radius 1 is 1.03 bits per heavy atom. The molecule has 1 fully saturated rings. The third-order valence-corrected chi connectivity index (χ3v) is 6.92. The number of benzene rings is 2. The van der Waals surface area contributed by atoms with E-state index in [1.165, 1.54) is 11.3 Å². The number of aromatic nitrogens is 2. The van der Waals surface area contributed by atoms with Crippen molar-refractivity contribution in [2.75, 3.05) is 24.0 Å². The molecule has 0 atom stereocenters. The van der Waals surface area contributed by atoms with Crippen molar-refractivity contribution < 1.29 is 28.2 Å². The number of carbonyl (C=O) groups is 2. The van der Waals surface area contributed by atoms with Crippen molar-refractivity contribution in [3.63, 3.8) is 0 Å². The first kappa shape index (κ1) is 24.9. The quantitative estimate of drug-likeness (QED) is 0.394. The SMILES string of the molecule is O=C(CN(C(=O)CSc1nnc(COc2ccccc2)o1)c1ccc2c(c1)OCO2)NC1CCCCC1. The van der Waals surface area contributed by atoms with Gasteiger partial charge in [-0.05, 0) is 37.1 Å². The zero-order valence-electron chi connectivity index (χ0n) is 20.3. The van der Waals surface area contributed by atoms with Gasteiger partial charge in [-0.1, -0.05) is 49.2 Å². The van der Waals surface area contributed by atoms with Crippen LogP contribution in [0.3, 0.4) is 0 Å². The smallest absolute Gasteiger partial charge is 0.277 e. The van der Waals surface area contributed by atoms with Crippen LogP contribution in [0.1, 0.15) is 38.0 Å². The van der Waals surface area contributed by atoms with Gasteiger partial charge in [0.1, 0.15) is 12.3 Å². The van der Waals surface area contributed by atoms with Crippen LogP contribution in [0.4, 0.5) is 5.69 Å². The summed E-state index contributed by atoms with van der Waals surface area (Å²) in [5.41, 5.74) is 0.552. The largest absolute Gasteiger partial charge is 0.484 e. The molecule has 194 valence electrons. The summed E-state index contributed by atoms with van der Waals surface area (Å²) in [4.78, 5) is 27.6. The van der Waals surface area contributed by atoms with E-state index in [9.17, 15) is 9.59 Å². The normalized spacial score (nSPS) is 14.8. The standard InChI is InChI=1S/C26H28N4O6S/c31-23(27-18-7-3-1-4-8-18)14-30(19-11-12-21-22(13-19)35-17-34-21)25(32)16-37-26-29-28-24(36-26)15-33-20-9-5-2-6-10-20/h2,5-6,9-13,18H,1,3-4,7-8,14-17H2,(H,27,31). The summed E-state index contributed by atoms with van der Waals surface area (Å²) in [5.74, 6) is 1.67. The fourth-order valence-electron chi connectivity index (χ4n) is 4.26. The minimum Gasteiger partial charge on any atom is -0.484 e. The minimum absolute atomic E-state index is 0.00628. The number of nitrogens with zero attached hydrogens (tertiary/aromatic N) is 3. The number of carbonyl (C=O) groups excluding carboxylic acids is 2. The first-order chi connectivity index (χ1) is 18.1. The highest BCUT2D eigenvalue weighted by molar-refractivity contribution is 7.99. The fraction of sp³-hybridized carbons (Fsp3) is 0.385. The van der Waals surface area contributed by atoms with Crippen LogP contribution >= 0.6 is 11.8 Å². The molecule has 11 heteroatoms. The molecule has 2 aliphatic rings.